The number of carbonyl (C=O) groups excluding carboxylic acids is 1. The number of carboxylic acids is 1. The summed E-state index contributed by atoms with van der Waals surface area (Å²) in [5.41, 5.74) is 4.53. The maximum atomic E-state index is 12.5. The van der Waals surface area contributed by atoms with Gasteiger partial charge < -0.3 is 9.84 Å². The van der Waals surface area contributed by atoms with E-state index >= 15 is 0 Å². The summed E-state index contributed by atoms with van der Waals surface area (Å²) in [7, 11) is 0. The number of fused-ring (bicyclic) bond motifs is 3. The highest BCUT2D eigenvalue weighted by atomic mass is 35.5. The van der Waals surface area contributed by atoms with Crippen LogP contribution in [0.5, 0.6) is 0 Å². The van der Waals surface area contributed by atoms with E-state index in [1.165, 1.54) is 4.90 Å². The molecule has 2 aromatic rings. The molecule has 1 aliphatic heterocycles. The monoisotopic (exact) mass is 371 g/mol. The molecular formula is C20H18ClNO4. The smallest absolute Gasteiger partial charge is 0.410 e. The second-order valence-electron chi connectivity index (χ2n) is 6.64. The van der Waals surface area contributed by atoms with Gasteiger partial charge in [0.25, 0.3) is 0 Å². The van der Waals surface area contributed by atoms with Gasteiger partial charge in [-0.2, -0.15) is 0 Å². The van der Waals surface area contributed by atoms with Gasteiger partial charge in [0.15, 0.2) is 0 Å². The third kappa shape index (κ3) is 2.82. The average molecular weight is 372 g/mol. The zero-order valence-corrected chi connectivity index (χ0v) is 14.7. The van der Waals surface area contributed by atoms with Gasteiger partial charge in [-0.1, -0.05) is 48.5 Å². The first kappa shape index (κ1) is 16.9. The van der Waals surface area contributed by atoms with E-state index in [1.807, 2.05) is 36.4 Å². The van der Waals surface area contributed by atoms with E-state index in [9.17, 15) is 14.7 Å². The van der Waals surface area contributed by atoms with E-state index in [-0.39, 0.29) is 30.9 Å². The largest absolute Gasteiger partial charge is 0.480 e. The fourth-order valence-electron chi connectivity index (χ4n) is 3.90. The zero-order chi connectivity index (χ0) is 18.3. The van der Waals surface area contributed by atoms with Crippen LogP contribution in [0.1, 0.15) is 23.5 Å². The van der Waals surface area contributed by atoms with Gasteiger partial charge in [-0.15, -0.1) is 11.6 Å². The fourth-order valence-corrected chi connectivity index (χ4v) is 4.21. The molecule has 1 aliphatic carbocycles. The predicted molar refractivity (Wildman–Crippen MR) is 97.5 cm³/mol. The van der Waals surface area contributed by atoms with Crippen molar-refractivity contribution < 1.29 is 19.4 Å². The third-order valence-electron chi connectivity index (χ3n) is 5.11. The van der Waals surface area contributed by atoms with Crippen molar-refractivity contribution in [3.05, 3.63) is 59.7 Å². The lowest BCUT2D eigenvalue weighted by molar-refractivity contribution is -0.141. The van der Waals surface area contributed by atoms with Gasteiger partial charge in [0.1, 0.15) is 12.6 Å². The van der Waals surface area contributed by atoms with Crippen LogP contribution in [0.4, 0.5) is 4.79 Å². The lowest BCUT2D eigenvalue weighted by Crippen LogP contribution is -2.41. The molecule has 2 aromatic carbocycles. The van der Waals surface area contributed by atoms with Crippen LogP contribution >= 0.6 is 11.6 Å². The Bertz CT molecular complexity index is 823. The average Bonchev–Trinajstić information content (AvgIpc) is 3.18. The van der Waals surface area contributed by atoms with Crippen molar-refractivity contribution in [2.45, 2.75) is 23.8 Å². The van der Waals surface area contributed by atoms with Crippen molar-refractivity contribution >= 4 is 23.7 Å². The third-order valence-corrected chi connectivity index (χ3v) is 5.42. The summed E-state index contributed by atoms with van der Waals surface area (Å²) < 4.78 is 5.52. The van der Waals surface area contributed by atoms with E-state index in [0.29, 0.717) is 0 Å². The standard InChI is InChI=1S/C20H18ClNO4/c21-12-9-18(19(23)24)22(10-12)20(25)26-11-17-15-7-3-1-5-13(15)14-6-2-4-8-16(14)17/h1-8,12,17-18H,9-11H2,(H,23,24)/t12-,18-/m0/s1. The second kappa shape index (κ2) is 6.65. The Labute approximate surface area is 156 Å². The first-order chi connectivity index (χ1) is 12.6. The van der Waals surface area contributed by atoms with Crippen LogP contribution in [-0.2, 0) is 9.53 Å². The van der Waals surface area contributed by atoms with Crippen molar-refractivity contribution in [3.8, 4) is 11.1 Å². The Morgan fingerprint density at radius 1 is 1.08 bits per heavy atom. The number of carbonyl (C=O) groups is 2. The van der Waals surface area contributed by atoms with Gasteiger partial charge in [-0.05, 0) is 28.7 Å². The van der Waals surface area contributed by atoms with Gasteiger partial charge in [-0.3, -0.25) is 4.90 Å². The molecule has 134 valence electrons. The second-order valence-corrected chi connectivity index (χ2v) is 7.26. The van der Waals surface area contributed by atoms with E-state index in [4.69, 9.17) is 16.3 Å². The molecule has 1 heterocycles. The van der Waals surface area contributed by atoms with Crippen molar-refractivity contribution in [1.29, 1.82) is 0 Å². The van der Waals surface area contributed by atoms with Crippen LogP contribution in [0.3, 0.4) is 0 Å². The molecule has 5 nitrogen and oxygen atoms in total. The molecule has 2 atom stereocenters. The molecule has 0 radical (unpaired) electrons. The fraction of sp³-hybridized carbons (Fsp3) is 0.300. The van der Waals surface area contributed by atoms with Gasteiger partial charge >= 0.3 is 12.1 Å². The Balaban J connectivity index is 1.53. The van der Waals surface area contributed by atoms with Crippen LogP contribution in [0.2, 0.25) is 0 Å². The van der Waals surface area contributed by atoms with Gasteiger partial charge in [-0.25, -0.2) is 9.59 Å². The Kier molecular flexibility index (Phi) is 4.32. The molecular weight excluding hydrogens is 354 g/mol. The Morgan fingerprint density at radius 2 is 1.65 bits per heavy atom. The molecule has 6 heteroatoms. The number of hydrogen-bond acceptors (Lipinski definition) is 3. The first-order valence-electron chi connectivity index (χ1n) is 8.54. The number of carboxylic acid groups (broad SMARTS) is 1. The SMILES string of the molecule is O=C(O)[C@@H]1C[C@H](Cl)CN1C(=O)OCC1c2ccccc2-c2ccccc21. The van der Waals surface area contributed by atoms with Crippen LogP contribution in [0.25, 0.3) is 11.1 Å². The van der Waals surface area contributed by atoms with E-state index in [0.717, 1.165) is 22.3 Å². The van der Waals surface area contributed by atoms with E-state index in [1.54, 1.807) is 0 Å². The number of likely N-dealkylation sites (tertiary alicyclic amines) is 1. The minimum absolute atomic E-state index is 0.0518. The Hall–Kier alpha value is -2.53. The normalized spacial score (nSPS) is 21.3. The molecule has 0 aromatic heterocycles. The van der Waals surface area contributed by atoms with Crippen LogP contribution in [-0.4, -0.2) is 46.6 Å². The summed E-state index contributed by atoms with van der Waals surface area (Å²) in [6.45, 7) is 0.359. The van der Waals surface area contributed by atoms with Crippen LogP contribution < -0.4 is 0 Å². The van der Waals surface area contributed by atoms with Gasteiger partial charge in [0.2, 0.25) is 0 Å². The molecule has 0 spiro atoms. The molecule has 1 N–H and O–H groups in total. The Morgan fingerprint density at radius 3 is 2.23 bits per heavy atom. The maximum Gasteiger partial charge on any atom is 0.410 e. The molecule has 1 fully saturated rings. The van der Waals surface area contributed by atoms with Crippen molar-refractivity contribution in [1.82, 2.24) is 4.90 Å². The quantitative estimate of drug-likeness (QED) is 0.835. The van der Waals surface area contributed by atoms with Crippen molar-refractivity contribution in [2.24, 2.45) is 0 Å². The number of benzene rings is 2. The zero-order valence-electron chi connectivity index (χ0n) is 14.0. The summed E-state index contributed by atoms with van der Waals surface area (Å²) in [5.74, 6) is -1.11. The first-order valence-corrected chi connectivity index (χ1v) is 8.98. The number of rotatable bonds is 3. The lowest BCUT2D eigenvalue weighted by Gasteiger charge is -2.22. The molecule has 1 saturated heterocycles. The van der Waals surface area contributed by atoms with Crippen LogP contribution in [0, 0.1) is 0 Å². The summed E-state index contributed by atoms with van der Waals surface area (Å²) >= 11 is 6.04. The highest BCUT2D eigenvalue weighted by Crippen LogP contribution is 2.44. The highest BCUT2D eigenvalue weighted by Gasteiger charge is 2.40. The highest BCUT2D eigenvalue weighted by molar-refractivity contribution is 6.21. The van der Waals surface area contributed by atoms with E-state index < -0.39 is 18.1 Å². The maximum absolute atomic E-state index is 12.5. The minimum Gasteiger partial charge on any atom is -0.480 e. The van der Waals surface area contributed by atoms with E-state index in [2.05, 4.69) is 12.1 Å². The number of ether oxygens (including phenoxy) is 1. The van der Waals surface area contributed by atoms with Gasteiger partial charge in [0, 0.05) is 12.5 Å². The topological polar surface area (TPSA) is 66.8 Å². The van der Waals surface area contributed by atoms with Crippen LogP contribution in [0.15, 0.2) is 48.5 Å². The predicted octanol–water partition coefficient (Wildman–Crippen LogP) is 3.70. The molecule has 4 rings (SSSR count). The van der Waals surface area contributed by atoms with Crippen molar-refractivity contribution in [3.63, 3.8) is 0 Å². The number of halogens is 1. The summed E-state index contributed by atoms with van der Waals surface area (Å²) in [4.78, 5) is 25.0. The minimum atomic E-state index is -1.05. The van der Waals surface area contributed by atoms with Gasteiger partial charge in [0.05, 0.1) is 5.38 Å². The number of alkyl halides is 1. The number of aliphatic carboxylic acids is 1. The summed E-state index contributed by atoms with van der Waals surface area (Å²) in [6, 6.07) is 15.2. The molecule has 0 unspecified atom stereocenters. The summed E-state index contributed by atoms with van der Waals surface area (Å²) in [6.07, 6.45) is -0.386. The number of hydrogen-bond donors (Lipinski definition) is 1. The lowest BCUT2D eigenvalue weighted by atomic mass is 9.98. The number of amides is 1. The molecule has 1 amide bonds. The molecule has 2 aliphatic rings. The number of nitrogens with zero attached hydrogens (tertiary/aromatic N) is 1. The molecule has 0 saturated carbocycles. The van der Waals surface area contributed by atoms with Crippen molar-refractivity contribution in [2.75, 3.05) is 13.2 Å². The molecule has 0 bridgehead atoms. The molecule has 26 heavy (non-hydrogen) atoms. The summed E-state index contributed by atoms with van der Waals surface area (Å²) in [5, 5.41) is 8.92.